The highest BCUT2D eigenvalue weighted by Crippen LogP contribution is 2.22. The van der Waals surface area contributed by atoms with E-state index in [4.69, 9.17) is 4.42 Å². The summed E-state index contributed by atoms with van der Waals surface area (Å²) in [5.74, 6) is 1.94. The molecule has 3 rings (SSSR count). The molecule has 2 heterocycles. The molecule has 1 aliphatic rings. The first kappa shape index (κ1) is 15.4. The van der Waals surface area contributed by atoms with Crippen molar-refractivity contribution in [3.8, 4) is 0 Å². The average molecular weight is 295 g/mol. The smallest absolute Gasteiger partial charge is 0.134 e. The number of halogens is 1. The van der Waals surface area contributed by atoms with Crippen molar-refractivity contribution in [2.24, 2.45) is 5.92 Å². The molecule has 1 fully saturated rings. The maximum absolute atomic E-state index is 5.89. The van der Waals surface area contributed by atoms with Gasteiger partial charge in [-0.2, -0.15) is 0 Å². The summed E-state index contributed by atoms with van der Waals surface area (Å²) in [4.78, 5) is 2.50. The van der Waals surface area contributed by atoms with Crippen LogP contribution in [0.5, 0.6) is 0 Å². The molecule has 1 saturated heterocycles. The first-order valence-corrected chi connectivity index (χ1v) is 7.19. The van der Waals surface area contributed by atoms with Gasteiger partial charge in [-0.05, 0) is 57.6 Å². The second kappa shape index (κ2) is 7.11. The van der Waals surface area contributed by atoms with Gasteiger partial charge in [0.25, 0.3) is 0 Å². The van der Waals surface area contributed by atoms with Crippen molar-refractivity contribution in [3.05, 3.63) is 36.1 Å². The topological polar surface area (TPSA) is 28.4 Å². The molecule has 0 unspecified atom stereocenters. The van der Waals surface area contributed by atoms with Crippen LogP contribution in [0.2, 0.25) is 0 Å². The number of fused-ring (bicyclic) bond motifs is 1. The van der Waals surface area contributed by atoms with Crippen molar-refractivity contribution < 1.29 is 4.42 Å². The van der Waals surface area contributed by atoms with Gasteiger partial charge in [0, 0.05) is 5.39 Å². The minimum absolute atomic E-state index is 0. The molecule has 1 aromatic heterocycles. The molecule has 1 aromatic carbocycles. The third-order valence-corrected chi connectivity index (χ3v) is 4.06. The predicted molar refractivity (Wildman–Crippen MR) is 85.4 cm³/mol. The number of rotatable bonds is 4. The highest BCUT2D eigenvalue weighted by atomic mass is 35.5. The number of nitrogens with zero attached hydrogens (tertiary/aromatic N) is 1. The van der Waals surface area contributed by atoms with Gasteiger partial charge in [0.2, 0.25) is 0 Å². The lowest BCUT2D eigenvalue weighted by Gasteiger charge is -2.31. The van der Waals surface area contributed by atoms with Gasteiger partial charge in [-0.15, -0.1) is 12.4 Å². The highest BCUT2D eigenvalue weighted by molar-refractivity contribution is 5.85. The molecule has 1 N–H and O–H groups in total. The SMILES string of the molecule is CNCC1CCN(Cc2cc3ccccc3o2)CC1.Cl. The highest BCUT2D eigenvalue weighted by Gasteiger charge is 2.19. The van der Waals surface area contributed by atoms with Crippen LogP contribution in [0.25, 0.3) is 11.0 Å². The van der Waals surface area contributed by atoms with E-state index in [-0.39, 0.29) is 12.4 Å². The summed E-state index contributed by atoms with van der Waals surface area (Å²) >= 11 is 0. The average Bonchev–Trinajstić information content (AvgIpc) is 2.83. The van der Waals surface area contributed by atoms with Crippen molar-refractivity contribution in [2.45, 2.75) is 19.4 Å². The lowest BCUT2D eigenvalue weighted by atomic mass is 9.97. The molecule has 2 aromatic rings. The lowest BCUT2D eigenvalue weighted by Crippen LogP contribution is -2.36. The van der Waals surface area contributed by atoms with Gasteiger partial charge in [0.15, 0.2) is 0 Å². The molecule has 0 radical (unpaired) electrons. The molecule has 20 heavy (non-hydrogen) atoms. The fourth-order valence-electron chi connectivity index (χ4n) is 2.97. The van der Waals surface area contributed by atoms with Crippen LogP contribution in [-0.4, -0.2) is 31.6 Å². The summed E-state index contributed by atoms with van der Waals surface area (Å²) < 4.78 is 5.89. The number of piperidine rings is 1. The van der Waals surface area contributed by atoms with Crippen LogP contribution in [0, 0.1) is 5.92 Å². The van der Waals surface area contributed by atoms with Crippen molar-refractivity contribution in [1.82, 2.24) is 10.2 Å². The standard InChI is InChI=1S/C16H22N2O.ClH/c1-17-11-13-6-8-18(9-7-13)12-15-10-14-4-2-3-5-16(14)19-15;/h2-5,10,13,17H,6-9,11-12H2,1H3;1H. The Labute approximate surface area is 126 Å². The molecule has 3 nitrogen and oxygen atoms in total. The molecule has 0 atom stereocenters. The fourth-order valence-corrected chi connectivity index (χ4v) is 2.97. The molecule has 0 spiro atoms. The van der Waals surface area contributed by atoms with Gasteiger partial charge in [-0.25, -0.2) is 0 Å². The Morgan fingerprint density at radius 3 is 2.70 bits per heavy atom. The minimum atomic E-state index is 0. The van der Waals surface area contributed by atoms with Crippen molar-refractivity contribution in [1.29, 1.82) is 0 Å². The lowest BCUT2D eigenvalue weighted by molar-refractivity contribution is 0.167. The maximum Gasteiger partial charge on any atom is 0.134 e. The van der Waals surface area contributed by atoms with Crippen LogP contribution in [0.15, 0.2) is 34.7 Å². The largest absolute Gasteiger partial charge is 0.460 e. The van der Waals surface area contributed by atoms with Crippen LogP contribution in [0.3, 0.4) is 0 Å². The van der Waals surface area contributed by atoms with E-state index < -0.39 is 0 Å². The van der Waals surface area contributed by atoms with Crippen LogP contribution in [0.4, 0.5) is 0 Å². The van der Waals surface area contributed by atoms with Crippen LogP contribution < -0.4 is 5.32 Å². The van der Waals surface area contributed by atoms with Crippen LogP contribution in [0.1, 0.15) is 18.6 Å². The van der Waals surface area contributed by atoms with Gasteiger partial charge in [0.1, 0.15) is 11.3 Å². The number of hydrogen-bond acceptors (Lipinski definition) is 3. The molecular formula is C16H23ClN2O. The zero-order valence-corrected chi connectivity index (χ0v) is 12.8. The van der Waals surface area contributed by atoms with Gasteiger partial charge < -0.3 is 9.73 Å². The van der Waals surface area contributed by atoms with E-state index in [0.717, 1.165) is 30.4 Å². The van der Waals surface area contributed by atoms with Crippen molar-refractivity contribution in [3.63, 3.8) is 0 Å². The first-order valence-electron chi connectivity index (χ1n) is 7.19. The zero-order chi connectivity index (χ0) is 13.1. The van der Waals surface area contributed by atoms with E-state index in [2.05, 4.69) is 28.4 Å². The summed E-state index contributed by atoms with van der Waals surface area (Å²) in [6, 6.07) is 10.4. The second-order valence-electron chi connectivity index (χ2n) is 5.53. The van der Waals surface area contributed by atoms with Crippen LogP contribution >= 0.6 is 12.4 Å². The Balaban J connectivity index is 0.00000147. The van der Waals surface area contributed by atoms with Crippen LogP contribution in [-0.2, 0) is 6.54 Å². The van der Waals surface area contributed by atoms with Gasteiger partial charge in [-0.1, -0.05) is 18.2 Å². The number of furan rings is 1. The van der Waals surface area contributed by atoms with Gasteiger partial charge in [0.05, 0.1) is 6.54 Å². The minimum Gasteiger partial charge on any atom is -0.460 e. The van der Waals surface area contributed by atoms with Gasteiger partial charge in [-0.3, -0.25) is 4.90 Å². The molecule has 110 valence electrons. The number of benzene rings is 1. The summed E-state index contributed by atoms with van der Waals surface area (Å²) in [5.41, 5.74) is 1.00. The normalized spacial score (nSPS) is 17.2. The van der Waals surface area contributed by atoms with E-state index in [9.17, 15) is 0 Å². The second-order valence-corrected chi connectivity index (χ2v) is 5.53. The molecule has 0 aliphatic carbocycles. The summed E-state index contributed by atoms with van der Waals surface area (Å²) in [5, 5.41) is 4.49. The number of nitrogens with one attached hydrogen (secondary N) is 1. The Kier molecular flexibility index (Phi) is 5.46. The summed E-state index contributed by atoms with van der Waals surface area (Å²) in [6.07, 6.45) is 2.59. The van der Waals surface area contributed by atoms with E-state index in [0.29, 0.717) is 0 Å². The van der Waals surface area contributed by atoms with Crippen molar-refractivity contribution in [2.75, 3.05) is 26.7 Å². The monoisotopic (exact) mass is 294 g/mol. The molecule has 0 saturated carbocycles. The van der Waals surface area contributed by atoms with E-state index >= 15 is 0 Å². The molecule has 4 heteroatoms. The molecule has 0 bridgehead atoms. The molecule has 0 amide bonds. The third-order valence-electron chi connectivity index (χ3n) is 4.06. The summed E-state index contributed by atoms with van der Waals surface area (Å²) in [7, 11) is 2.04. The zero-order valence-electron chi connectivity index (χ0n) is 12.0. The quantitative estimate of drug-likeness (QED) is 0.938. The Bertz CT molecular complexity index is 499. The van der Waals surface area contributed by atoms with Crippen molar-refractivity contribution >= 4 is 23.4 Å². The number of likely N-dealkylation sites (tertiary alicyclic amines) is 1. The maximum atomic E-state index is 5.89. The first-order chi connectivity index (χ1) is 9.35. The number of hydrogen-bond donors (Lipinski definition) is 1. The predicted octanol–water partition coefficient (Wildman–Crippen LogP) is 3.29. The third kappa shape index (κ3) is 3.54. The van der Waals surface area contributed by atoms with Gasteiger partial charge >= 0.3 is 0 Å². The van der Waals surface area contributed by atoms with E-state index in [1.165, 1.54) is 31.3 Å². The summed E-state index contributed by atoms with van der Waals surface area (Å²) in [6.45, 7) is 4.46. The fraction of sp³-hybridized carbons (Fsp3) is 0.500. The Morgan fingerprint density at radius 2 is 2.00 bits per heavy atom. The van der Waals surface area contributed by atoms with E-state index in [1.54, 1.807) is 0 Å². The molecule has 1 aliphatic heterocycles. The Morgan fingerprint density at radius 1 is 1.25 bits per heavy atom. The molecular weight excluding hydrogens is 272 g/mol. The van der Waals surface area contributed by atoms with E-state index in [1.807, 2.05) is 19.2 Å². The number of para-hydroxylation sites is 1. The Hall–Kier alpha value is -1.03.